The van der Waals surface area contributed by atoms with Crippen molar-refractivity contribution in [1.29, 1.82) is 0 Å². The molecule has 6 heteroatoms. The fraction of sp³-hybridized carbons (Fsp3) is 0.875. The molecule has 0 bridgehead atoms. The second kappa shape index (κ2) is 5.10. The van der Waals surface area contributed by atoms with Gasteiger partial charge in [-0.1, -0.05) is 6.92 Å². The van der Waals surface area contributed by atoms with Crippen LogP contribution in [0.3, 0.4) is 0 Å². The second-order valence-corrected chi connectivity index (χ2v) is 8.58. The molecule has 0 aromatic heterocycles. The highest BCUT2D eigenvalue weighted by Gasteiger charge is 2.57. The van der Waals surface area contributed by atoms with E-state index in [-0.39, 0.29) is 35.3 Å². The molecule has 0 aromatic rings. The van der Waals surface area contributed by atoms with E-state index in [2.05, 4.69) is 41.2 Å². The van der Waals surface area contributed by atoms with E-state index in [0.717, 1.165) is 5.47 Å². The molecular weight excluding hydrogens is 278 g/mol. The second-order valence-electron chi connectivity index (χ2n) is 8.58. The van der Waals surface area contributed by atoms with Crippen molar-refractivity contribution < 1.29 is 18.6 Å². The van der Waals surface area contributed by atoms with Gasteiger partial charge in [-0.2, -0.15) is 0 Å². The Hall–Kier alpha value is -0.290. The van der Waals surface area contributed by atoms with Crippen molar-refractivity contribution in [2.45, 2.75) is 90.5 Å². The third kappa shape index (κ3) is 2.79. The number of allylic oxidation sites excluding steroid dienone is 1. The molecular formula is C16H30B2O4. The van der Waals surface area contributed by atoms with Crippen molar-refractivity contribution in [3.63, 3.8) is 0 Å². The van der Waals surface area contributed by atoms with Crippen LogP contribution in [0.5, 0.6) is 0 Å². The van der Waals surface area contributed by atoms with Crippen LogP contribution in [0.1, 0.15) is 62.3 Å². The Bertz CT molecular complexity index is 439. The van der Waals surface area contributed by atoms with Gasteiger partial charge in [0.25, 0.3) is 0 Å². The summed E-state index contributed by atoms with van der Waals surface area (Å²) in [6, 6.07) is 0. The molecule has 2 aliphatic heterocycles. The van der Waals surface area contributed by atoms with Crippen LogP contribution in [0.4, 0.5) is 0 Å². The summed E-state index contributed by atoms with van der Waals surface area (Å²) < 4.78 is 24.4. The van der Waals surface area contributed by atoms with Gasteiger partial charge in [-0.3, -0.25) is 0 Å². The molecule has 0 spiro atoms. The summed E-state index contributed by atoms with van der Waals surface area (Å²) in [5, 5.41) is 0. The fourth-order valence-electron chi connectivity index (χ4n) is 2.48. The Labute approximate surface area is 136 Å². The van der Waals surface area contributed by atoms with Crippen molar-refractivity contribution in [2.24, 2.45) is 0 Å². The quantitative estimate of drug-likeness (QED) is 0.746. The zero-order valence-electron chi connectivity index (χ0n) is 15.6. The van der Waals surface area contributed by atoms with Crippen LogP contribution in [-0.4, -0.2) is 36.6 Å². The summed E-state index contributed by atoms with van der Waals surface area (Å²) in [6.45, 7) is 22.6. The maximum absolute atomic E-state index is 6.12. The summed E-state index contributed by atoms with van der Waals surface area (Å²) in [5.74, 6) is -0.0178. The first-order valence-electron chi connectivity index (χ1n) is 8.10. The van der Waals surface area contributed by atoms with Crippen molar-refractivity contribution in [1.82, 2.24) is 0 Å². The third-order valence-corrected chi connectivity index (χ3v) is 5.82. The molecule has 2 saturated heterocycles. The zero-order chi connectivity index (χ0) is 17.1. The summed E-state index contributed by atoms with van der Waals surface area (Å²) in [6.07, 6.45) is 0. The van der Waals surface area contributed by atoms with Crippen molar-refractivity contribution in [3.8, 4) is 0 Å². The van der Waals surface area contributed by atoms with E-state index in [4.69, 9.17) is 18.6 Å². The minimum absolute atomic E-state index is 0.0178. The first kappa shape index (κ1) is 18.1. The predicted molar refractivity (Wildman–Crippen MR) is 90.7 cm³/mol. The maximum atomic E-state index is 6.12. The lowest BCUT2D eigenvalue weighted by molar-refractivity contribution is 0.00578. The molecule has 0 amide bonds. The Morgan fingerprint density at radius 3 is 1.41 bits per heavy atom. The van der Waals surface area contributed by atoms with Crippen molar-refractivity contribution in [2.75, 3.05) is 0 Å². The summed E-state index contributed by atoms with van der Waals surface area (Å²) in [4.78, 5) is 0. The highest BCUT2D eigenvalue weighted by Crippen LogP contribution is 2.44. The molecule has 0 aromatic carbocycles. The molecule has 2 rings (SSSR count). The van der Waals surface area contributed by atoms with Gasteiger partial charge < -0.3 is 18.6 Å². The van der Waals surface area contributed by atoms with E-state index in [0.29, 0.717) is 0 Å². The van der Waals surface area contributed by atoms with Gasteiger partial charge in [-0.15, -0.1) is 6.58 Å². The van der Waals surface area contributed by atoms with Crippen LogP contribution in [-0.2, 0) is 18.6 Å². The average Bonchev–Trinajstić information content (AvgIpc) is 2.67. The Kier molecular flexibility index (Phi) is 4.19. The minimum Gasteiger partial charge on any atom is -0.403 e. The molecule has 2 heterocycles. The Morgan fingerprint density at radius 2 is 1.05 bits per heavy atom. The van der Waals surface area contributed by atoms with Crippen LogP contribution in [0.15, 0.2) is 12.1 Å². The predicted octanol–water partition coefficient (Wildman–Crippen LogP) is 3.66. The zero-order valence-corrected chi connectivity index (χ0v) is 15.6. The lowest BCUT2D eigenvalue weighted by Crippen LogP contribution is -2.41. The van der Waals surface area contributed by atoms with Crippen molar-refractivity contribution >= 4 is 14.2 Å². The van der Waals surface area contributed by atoms with E-state index in [1.54, 1.807) is 0 Å². The highest BCUT2D eigenvalue weighted by molar-refractivity contribution is 6.60. The molecule has 22 heavy (non-hydrogen) atoms. The van der Waals surface area contributed by atoms with Crippen LogP contribution in [0.2, 0.25) is 5.82 Å². The van der Waals surface area contributed by atoms with E-state index >= 15 is 0 Å². The molecule has 0 N–H and O–H groups in total. The minimum atomic E-state index is -0.431. The lowest BCUT2D eigenvalue weighted by Gasteiger charge is -2.32. The molecule has 124 valence electrons. The first-order valence-corrected chi connectivity index (χ1v) is 8.10. The Morgan fingerprint density at radius 1 is 0.727 bits per heavy atom. The fourth-order valence-corrected chi connectivity index (χ4v) is 2.48. The molecule has 2 fully saturated rings. The number of hydrogen-bond acceptors (Lipinski definition) is 4. The van der Waals surface area contributed by atoms with Gasteiger partial charge in [0, 0.05) is 5.82 Å². The normalized spacial score (nSPS) is 29.7. The van der Waals surface area contributed by atoms with Crippen LogP contribution in [0, 0.1) is 0 Å². The Balaban J connectivity index is 2.09. The molecule has 1 atom stereocenters. The van der Waals surface area contributed by atoms with Gasteiger partial charge in [-0.05, 0) is 60.9 Å². The van der Waals surface area contributed by atoms with Gasteiger partial charge in [0.1, 0.15) is 0 Å². The average molecular weight is 308 g/mol. The van der Waals surface area contributed by atoms with E-state index in [1.807, 2.05) is 27.7 Å². The van der Waals surface area contributed by atoms with Gasteiger partial charge >= 0.3 is 14.2 Å². The van der Waals surface area contributed by atoms with Crippen LogP contribution in [0.25, 0.3) is 0 Å². The molecule has 2 aliphatic rings. The SMILES string of the molecule is C=C(B1OC(C)(C)C(C)(C)O1)[C@@H](C)B1OC(C)(C)C(C)(C)O1. The van der Waals surface area contributed by atoms with E-state index in [1.165, 1.54) is 0 Å². The van der Waals surface area contributed by atoms with Crippen molar-refractivity contribution in [3.05, 3.63) is 12.1 Å². The largest absolute Gasteiger partial charge is 0.489 e. The van der Waals surface area contributed by atoms with Gasteiger partial charge in [0.05, 0.1) is 22.4 Å². The smallest absolute Gasteiger partial charge is 0.403 e. The van der Waals surface area contributed by atoms with Gasteiger partial charge in [0.2, 0.25) is 0 Å². The number of rotatable bonds is 3. The standard InChI is InChI=1S/C16H30B2O4/c1-11(17-19-13(3,4)14(5,6)20-17)12(2)18-21-15(7,8)16(9,10)22-18/h12H,1H2,2-10H3/t12-/m1/s1. The van der Waals surface area contributed by atoms with Gasteiger partial charge in [-0.25, -0.2) is 0 Å². The summed E-state index contributed by atoms with van der Waals surface area (Å²) >= 11 is 0. The molecule has 0 saturated carbocycles. The lowest BCUT2D eigenvalue weighted by atomic mass is 9.58. The van der Waals surface area contributed by atoms with E-state index < -0.39 is 7.12 Å². The maximum Gasteiger partial charge on any atom is 0.489 e. The van der Waals surface area contributed by atoms with Crippen LogP contribution < -0.4 is 0 Å². The molecule has 0 unspecified atom stereocenters. The highest BCUT2D eigenvalue weighted by atomic mass is 16.7. The van der Waals surface area contributed by atoms with Crippen LogP contribution >= 0.6 is 0 Å². The number of hydrogen-bond donors (Lipinski definition) is 0. The molecule has 0 radical (unpaired) electrons. The summed E-state index contributed by atoms with van der Waals surface area (Å²) in [5.41, 5.74) is -0.561. The first-order chi connectivity index (χ1) is 9.70. The molecule has 4 nitrogen and oxygen atoms in total. The van der Waals surface area contributed by atoms with E-state index in [9.17, 15) is 0 Å². The molecule has 0 aliphatic carbocycles. The summed E-state index contributed by atoms with van der Waals surface area (Å²) in [7, 11) is -0.768. The third-order valence-electron chi connectivity index (χ3n) is 5.82. The van der Waals surface area contributed by atoms with Gasteiger partial charge in [0.15, 0.2) is 0 Å². The monoisotopic (exact) mass is 308 g/mol. The topological polar surface area (TPSA) is 36.9 Å².